The predicted octanol–water partition coefficient (Wildman–Crippen LogP) is 2.28. The Labute approximate surface area is 146 Å². The number of carbonyl (C=O) groups is 2. The number of amides is 3. The third-order valence-corrected chi connectivity index (χ3v) is 4.69. The van der Waals surface area contributed by atoms with Gasteiger partial charge in [0.2, 0.25) is 0 Å². The van der Waals surface area contributed by atoms with Gasteiger partial charge in [0, 0.05) is 31.9 Å². The van der Waals surface area contributed by atoms with Crippen molar-refractivity contribution in [3.8, 4) is 0 Å². The van der Waals surface area contributed by atoms with Crippen LogP contribution in [0.25, 0.3) is 0 Å². The molecule has 4 rings (SSSR count). The summed E-state index contributed by atoms with van der Waals surface area (Å²) in [5.74, 6) is -0.0113. The number of nitrogens with one attached hydrogen (secondary N) is 2. The van der Waals surface area contributed by atoms with Gasteiger partial charge in [0.05, 0.1) is 5.56 Å². The normalized spacial score (nSPS) is 19.4. The summed E-state index contributed by atoms with van der Waals surface area (Å²) < 4.78 is 0. The molecular formula is C19H20N4O2. The van der Waals surface area contributed by atoms with E-state index in [1.807, 2.05) is 59.5 Å². The fourth-order valence-electron chi connectivity index (χ4n) is 3.37. The van der Waals surface area contributed by atoms with E-state index in [1.165, 1.54) is 0 Å². The second-order valence-corrected chi connectivity index (χ2v) is 6.22. The van der Waals surface area contributed by atoms with Crippen LogP contribution >= 0.6 is 0 Å². The molecule has 2 aliphatic heterocycles. The maximum Gasteiger partial charge on any atom is 0.317 e. The van der Waals surface area contributed by atoms with Crippen molar-refractivity contribution in [2.45, 2.75) is 6.17 Å². The molecule has 0 bridgehead atoms. The Bertz CT molecular complexity index is 793. The second kappa shape index (κ2) is 6.47. The molecular weight excluding hydrogens is 316 g/mol. The number of para-hydroxylation sites is 1. The average Bonchev–Trinajstić information content (AvgIpc) is 3.06. The highest BCUT2D eigenvalue weighted by molar-refractivity contribution is 6.01. The van der Waals surface area contributed by atoms with E-state index in [-0.39, 0.29) is 18.1 Å². The van der Waals surface area contributed by atoms with Crippen molar-refractivity contribution in [3.05, 3.63) is 65.7 Å². The minimum absolute atomic E-state index is 0.0113. The molecule has 0 spiro atoms. The first-order chi connectivity index (χ1) is 12.2. The van der Waals surface area contributed by atoms with Crippen molar-refractivity contribution in [2.75, 3.05) is 31.5 Å². The zero-order valence-corrected chi connectivity index (χ0v) is 13.8. The van der Waals surface area contributed by atoms with E-state index < -0.39 is 0 Å². The summed E-state index contributed by atoms with van der Waals surface area (Å²) >= 11 is 0. The Balaban J connectivity index is 1.62. The Hall–Kier alpha value is -3.02. The van der Waals surface area contributed by atoms with Crippen molar-refractivity contribution in [1.82, 2.24) is 15.1 Å². The van der Waals surface area contributed by atoms with Crippen LogP contribution in [0.15, 0.2) is 54.6 Å². The zero-order chi connectivity index (χ0) is 17.2. The van der Waals surface area contributed by atoms with Gasteiger partial charge in [-0.1, -0.05) is 42.5 Å². The van der Waals surface area contributed by atoms with Crippen LogP contribution in [0.2, 0.25) is 0 Å². The standard InChI is InChI=1S/C19H20N4O2/c24-18-15-8-4-5-9-16(15)21-17(14-6-2-1-3-7-14)23(18)13-12-22-11-10-20-19(22)25/h1-9,17,21H,10-13H2,(H,20,25)/t17-/m1/s1. The number of hydrogen-bond donors (Lipinski definition) is 2. The fraction of sp³-hybridized carbons (Fsp3) is 0.263. The maximum absolute atomic E-state index is 13.1. The van der Waals surface area contributed by atoms with Crippen molar-refractivity contribution in [1.29, 1.82) is 0 Å². The molecule has 0 aliphatic carbocycles. The molecule has 128 valence electrons. The van der Waals surface area contributed by atoms with Gasteiger partial charge in [-0.3, -0.25) is 4.79 Å². The number of hydrogen-bond acceptors (Lipinski definition) is 3. The Kier molecular flexibility index (Phi) is 4.01. The minimum atomic E-state index is -0.241. The number of urea groups is 1. The molecule has 0 unspecified atom stereocenters. The number of rotatable bonds is 4. The molecule has 1 fully saturated rings. The largest absolute Gasteiger partial charge is 0.361 e. The summed E-state index contributed by atoms with van der Waals surface area (Å²) in [5.41, 5.74) is 2.54. The van der Waals surface area contributed by atoms with E-state index in [0.29, 0.717) is 31.7 Å². The summed E-state index contributed by atoms with van der Waals surface area (Å²) in [4.78, 5) is 28.4. The lowest BCUT2D eigenvalue weighted by Gasteiger charge is -2.38. The first kappa shape index (κ1) is 15.5. The minimum Gasteiger partial charge on any atom is -0.361 e. The summed E-state index contributed by atoms with van der Waals surface area (Å²) in [5, 5.41) is 6.26. The van der Waals surface area contributed by atoms with Gasteiger partial charge in [0.25, 0.3) is 5.91 Å². The van der Waals surface area contributed by atoms with Gasteiger partial charge in [0.1, 0.15) is 6.17 Å². The highest BCUT2D eigenvalue weighted by Crippen LogP contribution is 2.32. The maximum atomic E-state index is 13.1. The molecule has 0 saturated carbocycles. The smallest absolute Gasteiger partial charge is 0.317 e. The molecule has 2 aromatic rings. The summed E-state index contributed by atoms with van der Waals surface area (Å²) in [6, 6.07) is 17.4. The van der Waals surface area contributed by atoms with E-state index in [9.17, 15) is 9.59 Å². The molecule has 6 heteroatoms. The SMILES string of the molecule is O=C1NCCN1CCN1C(=O)c2ccccc2N[C@H]1c1ccccc1. The van der Waals surface area contributed by atoms with Crippen LogP contribution in [0.4, 0.5) is 10.5 Å². The Morgan fingerprint density at radius 2 is 1.72 bits per heavy atom. The van der Waals surface area contributed by atoms with E-state index in [1.54, 1.807) is 4.90 Å². The number of anilines is 1. The van der Waals surface area contributed by atoms with Crippen molar-refractivity contribution in [3.63, 3.8) is 0 Å². The van der Waals surface area contributed by atoms with Gasteiger partial charge in [-0.15, -0.1) is 0 Å². The topological polar surface area (TPSA) is 64.7 Å². The van der Waals surface area contributed by atoms with Gasteiger partial charge in [0.15, 0.2) is 0 Å². The van der Waals surface area contributed by atoms with Crippen molar-refractivity contribution >= 4 is 17.6 Å². The highest BCUT2D eigenvalue weighted by Gasteiger charge is 2.33. The van der Waals surface area contributed by atoms with Gasteiger partial charge >= 0.3 is 6.03 Å². The number of fused-ring (bicyclic) bond motifs is 1. The van der Waals surface area contributed by atoms with E-state index in [2.05, 4.69) is 10.6 Å². The lowest BCUT2D eigenvalue weighted by atomic mass is 10.0. The molecule has 6 nitrogen and oxygen atoms in total. The first-order valence-corrected chi connectivity index (χ1v) is 8.48. The summed E-state index contributed by atoms with van der Waals surface area (Å²) in [6.07, 6.45) is -0.241. The Morgan fingerprint density at radius 3 is 2.48 bits per heavy atom. The molecule has 0 radical (unpaired) electrons. The van der Waals surface area contributed by atoms with Gasteiger partial charge in [-0.05, 0) is 17.7 Å². The van der Waals surface area contributed by atoms with Gasteiger partial charge in [-0.2, -0.15) is 0 Å². The number of carbonyl (C=O) groups excluding carboxylic acids is 2. The van der Waals surface area contributed by atoms with Crippen LogP contribution in [0.3, 0.4) is 0 Å². The number of nitrogens with zero attached hydrogens (tertiary/aromatic N) is 2. The molecule has 2 aliphatic rings. The molecule has 2 heterocycles. The van der Waals surface area contributed by atoms with Crippen LogP contribution < -0.4 is 10.6 Å². The van der Waals surface area contributed by atoms with E-state index >= 15 is 0 Å². The van der Waals surface area contributed by atoms with Crippen molar-refractivity contribution < 1.29 is 9.59 Å². The lowest BCUT2D eigenvalue weighted by Crippen LogP contribution is -2.46. The quantitative estimate of drug-likeness (QED) is 0.900. The monoisotopic (exact) mass is 336 g/mol. The predicted molar refractivity (Wildman–Crippen MR) is 95.3 cm³/mol. The molecule has 2 aromatic carbocycles. The Morgan fingerprint density at radius 1 is 0.960 bits per heavy atom. The van der Waals surface area contributed by atoms with Crippen molar-refractivity contribution in [2.24, 2.45) is 0 Å². The van der Waals surface area contributed by atoms with Gasteiger partial charge in [-0.25, -0.2) is 4.79 Å². The first-order valence-electron chi connectivity index (χ1n) is 8.48. The highest BCUT2D eigenvalue weighted by atomic mass is 16.2. The van der Waals surface area contributed by atoms with Crippen LogP contribution in [-0.2, 0) is 0 Å². The molecule has 3 amide bonds. The molecule has 1 atom stereocenters. The number of benzene rings is 2. The van der Waals surface area contributed by atoms with Crippen LogP contribution in [0.1, 0.15) is 22.1 Å². The third-order valence-electron chi connectivity index (χ3n) is 4.69. The summed E-state index contributed by atoms with van der Waals surface area (Å²) in [7, 11) is 0. The van der Waals surface area contributed by atoms with Crippen LogP contribution in [-0.4, -0.2) is 47.9 Å². The third kappa shape index (κ3) is 2.91. The van der Waals surface area contributed by atoms with E-state index in [4.69, 9.17) is 0 Å². The molecule has 2 N–H and O–H groups in total. The summed E-state index contributed by atoms with van der Waals surface area (Å²) in [6.45, 7) is 2.34. The zero-order valence-electron chi connectivity index (χ0n) is 13.8. The molecule has 1 saturated heterocycles. The molecule has 0 aromatic heterocycles. The second-order valence-electron chi connectivity index (χ2n) is 6.22. The molecule has 25 heavy (non-hydrogen) atoms. The van der Waals surface area contributed by atoms with Crippen LogP contribution in [0.5, 0.6) is 0 Å². The van der Waals surface area contributed by atoms with Crippen LogP contribution in [0, 0.1) is 0 Å². The average molecular weight is 336 g/mol. The van der Waals surface area contributed by atoms with E-state index in [0.717, 1.165) is 11.3 Å². The fourth-order valence-corrected chi connectivity index (χ4v) is 3.37. The van der Waals surface area contributed by atoms with Gasteiger partial charge < -0.3 is 20.4 Å². The lowest BCUT2D eigenvalue weighted by molar-refractivity contribution is 0.0668.